The lowest BCUT2D eigenvalue weighted by Crippen LogP contribution is -2.51. The maximum Gasteiger partial charge on any atom is 0.416 e. The Morgan fingerprint density at radius 1 is 1.32 bits per heavy atom. The number of ether oxygens (including phenoxy) is 1. The van der Waals surface area contributed by atoms with Crippen molar-refractivity contribution in [2.75, 3.05) is 20.3 Å². The molecule has 2 aliphatic heterocycles. The van der Waals surface area contributed by atoms with E-state index in [2.05, 4.69) is 4.90 Å². The van der Waals surface area contributed by atoms with Crippen LogP contribution < -0.4 is 0 Å². The van der Waals surface area contributed by atoms with E-state index >= 15 is 0 Å². The van der Waals surface area contributed by atoms with Gasteiger partial charge in [-0.05, 0) is 36.7 Å². The Kier molecular flexibility index (Phi) is 3.71. The average Bonchev–Trinajstić information content (AvgIpc) is 2.45. The Bertz CT molecular complexity index is 660. The number of alkyl halides is 3. The van der Waals surface area contributed by atoms with E-state index in [4.69, 9.17) is 4.74 Å². The van der Waals surface area contributed by atoms with Crippen LogP contribution in [0.4, 0.5) is 13.2 Å². The molecule has 2 heterocycles. The molecular weight excluding hydrogens is 293 g/mol. The van der Waals surface area contributed by atoms with Crippen molar-refractivity contribution >= 4 is 5.57 Å². The summed E-state index contributed by atoms with van der Waals surface area (Å²) in [7, 11) is 2.02. The molecule has 2 atom stereocenters. The maximum atomic E-state index is 12.8. The van der Waals surface area contributed by atoms with Gasteiger partial charge in [0.2, 0.25) is 0 Å². The lowest BCUT2D eigenvalue weighted by Gasteiger charge is -2.42. The smallest absolute Gasteiger partial charge is 0.378 e. The molecule has 0 amide bonds. The zero-order valence-corrected chi connectivity index (χ0v) is 12.0. The molecular formula is C16H15F3N2O. The van der Waals surface area contributed by atoms with Crippen molar-refractivity contribution in [1.82, 2.24) is 4.90 Å². The number of benzene rings is 1. The summed E-state index contributed by atoms with van der Waals surface area (Å²) in [5.41, 5.74) is 0.816. The average molecular weight is 308 g/mol. The summed E-state index contributed by atoms with van der Waals surface area (Å²) in [6.45, 7) is 1.17. The molecule has 1 aromatic carbocycles. The van der Waals surface area contributed by atoms with Gasteiger partial charge in [-0.3, -0.25) is 4.90 Å². The van der Waals surface area contributed by atoms with Crippen molar-refractivity contribution in [3.63, 3.8) is 0 Å². The van der Waals surface area contributed by atoms with Gasteiger partial charge in [-0.1, -0.05) is 12.1 Å². The summed E-state index contributed by atoms with van der Waals surface area (Å²) in [5.74, 6) is 0. The van der Waals surface area contributed by atoms with Crippen LogP contribution in [-0.4, -0.2) is 37.2 Å². The Labute approximate surface area is 126 Å². The van der Waals surface area contributed by atoms with E-state index in [0.717, 1.165) is 17.7 Å². The summed E-state index contributed by atoms with van der Waals surface area (Å²) in [4.78, 5) is 2.21. The molecule has 2 unspecified atom stereocenters. The Balaban J connectivity index is 2.01. The molecule has 0 spiro atoms. The quantitative estimate of drug-likeness (QED) is 0.800. The molecule has 0 aromatic heterocycles. The molecule has 1 fully saturated rings. The number of nitriles is 1. The van der Waals surface area contributed by atoms with Gasteiger partial charge < -0.3 is 4.74 Å². The second-order valence-corrected chi connectivity index (χ2v) is 5.69. The number of nitrogens with zero attached hydrogens (tertiary/aromatic N) is 2. The van der Waals surface area contributed by atoms with Crippen LogP contribution in [-0.2, 0) is 10.9 Å². The monoisotopic (exact) mass is 308 g/mol. The fraction of sp³-hybridized carbons (Fsp3) is 0.438. The topological polar surface area (TPSA) is 36.3 Å². The standard InChI is InChI=1S/C16H15F3N2O/c1-21-13-5-10(6-14(21)9-22-8-13)15-3-2-12(16(17,18)19)4-11(15)7-20/h2-5,13-14H,6,8-9H2,1H3. The van der Waals surface area contributed by atoms with E-state index in [9.17, 15) is 18.4 Å². The molecule has 3 rings (SSSR count). The predicted octanol–water partition coefficient (Wildman–Crippen LogP) is 3.06. The van der Waals surface area contributed by atoms with Gasteiger partial charge in [0.05, 0.1) is 36.5 Å². The Morgan fingerprint density at radius 3 is 2.73 bits per heavy atom. The molecule has 0 radical (unpaired) electrons. The number of morpholine rings is 1. The molecule has 6 heteroatoms. The van der Waals surface area contributed by atoms with Gasteiger partial charge in [0.1, 0.15) is 0 Å². The van der Waals surface area contributed by atoms with E-state index < -0.39 is 11.7 Å². The summed E-state index contributed by atoms with van der Waals surface area (Å²) >= 11 is 0. The van der Waals surface area contributed by atoms with Crippen LogP contribution in [0, 0.1) is 11.3 Å². The van der Waals surface area contributed by atoms with Crippen LogP contribution in [0.15, 0.2) is 24.3 Å². The van der Waals surface area contributed by atoms with E-state index in [1.54, 1.807) is 0 Å². The molecule has 1 aromatic rings. The third kappa shape index (κ3) is 2.62. The van der Waals surface area contributed by atoms with Gasteiger partial charge in [-0.2, -0.15) is 18.4 Å². The van der Waals surface area contributed by atoms with E-state index in [-0.39, 0.29) is 17.6 Å². The summed E-state index contributed by atoms with van der Waals surface area (Å²) in [6.07, 6.45) is -1.76. The SMILES string of the molecule is CN1C2C=C(c3ccc(C(F)(F)F)cc3C#N)CC1COC2. The maximum absolute atomic E-state index is 12.8. The Morgan fingerprint density at radius 2 is 2.09 bits per heavy atom. The highest BCUT2D eigenvalue weighted by Gasteiger charge is 2.34. The van der Waals surface area contributed by atoms with Crippen molar-refractivity contribution < 1.29 is 17.9 Å². The van der Waals surface area contributed by atoms with Gasteiger partial charge in [-0.25, -0.2) is 0 Å². The van der Waals surface area contributed by atoms with Crippen LogP contribution in [0.2, 0.25) is 0 Å². The van der Waals surface area contributed by atoms with Gasteiger partial charge in [0.15, 0.2) is 0 Å². The Hall–Kier alpha value is -1.84. The van der Waals surface area contributed by atoms with Crippen LogP contribution in [0.25, 0.3) is 5.57 Å². The third-order valence-electron chi connectivity index (χ3n) is 4.36. The van der Waals surface area contributed by atoms with Crippen LogP contribution in [0.3, 0.4) is 0 Å². The first-order chi connectivity index (χ1) is 10.4. The molecule has 1 saturated heterocycles. The minimum atomic E-state index is -4.43. The lowest BCUT2D eigenvalue weighted by molar-refractivity contribution is -0.137. The first kappa shape index (κ1) is 15.1. The second-order valence-electron chi connectivity index (χ2n) is 5.69. The van der Waals surface area contributed by atoms with E-state index in [0.29, 0.717) is 25.2 Å². The second kappa shape index (κ2) is 5.41. The van der Waals surface area contributed by atoms with Crippen LogP contribution >= 0.6 is 0 Å². The predicted molar refractivity (Wildman–Crippen MR) is 74.9 cm³/mol. The largest absolute Gasteiger partial charge is 0.416 e. The first-order valence-corrected chi connectivity index (χ1v) is 7.02. The molecule has 3 nitrogen and oxygen atoms in total. The molecule has 0 saturated carbocycles. The van der Waals surface area contributed by atoms with Gasteiger partial charge >= 0.3 is 6.18 Å². The van der Waals surface area contributed by atoms with E-state index in [1.165, 1.54) is 6.07 Å². The number of hydrogen-bond donors (Lipinski definition) is 0. The molecule has 0 N–H and O–H groups in total. The van der Waals surface area contributed by atoms with Gasteiger partial charge in [0.25, 0.3) is 0 Å². The van der Waals surface area contributed by atoms with Crippen molar-refractivity contribution in [2.45, 2.75) is 24.7 Å². The van der Waals surface area contributed by atoms with Crippen molar-refractivity contribution in [3.8, 4) is 6.07 Å². The highest BCUT2D eigenvalue weighted by atomic mass is 19.4. The fourth-order valence-electron chi connectivity index (χ4n) is 3.05. The highest BCUT2D eigenvalue weighted by molar-refractivity contribution is 5.72. The van der Waals surface area contributed by atoms with Crippen molar-refractivity contribution in [2.24, 2.45) is 0 Å². The third-order valence-corrected chi connectivity index (χ3v) is 4.36. The fourth-order valence-corrected chi connectivity index (χ4v) is 3.05. The molecule has 2 aliphatic rings. The van der Waals surface area contributed by atoms with Gasteiger partial charge in [0, 0.05) is 6.04 Å². The number of halogens is 3. The van der Waals surface area contributed by atoms with Crippen molar-refractivity contribution in [1.29, 1.82) is 5.26 Å². The molecule has 0 aliphatic carbocycles. The number of hydrogen-bond acceptors (Lipinski definition) is 3. The van der Waals surface area contributed by atoms with Crippen LogP contribution in [0.1, 0.15) is 23.1 Å². The molecule has 2 bridgehead atoms. The number of rotatable bonds is 1. The normalized spacial score (nSPS) is 25.5. The zero-order valence-electron chi connectivity index (χ0n) is 12.0. The number of likely N-dealkylation sites (N-methyl/N-ethyl adjacent to an activating group) is 1. The van der Waals surface area contributed by atoms with Crippen LogP contribution in [0.5, 0.6) is 0 Å². The molecule has 22 heavy (non-hydrogen) atoms. The minimum Gasteiger partial charge on any atom is -0.378 e. The number of fused-ring (bicyclic) bond motifs is 2. The highest BCUT2D eigenvalue weighted by Crippen LogP contribution is 2.36. The summed E-state index contributed by atoms with van der Waals surface area (Å²) < 4.78 is 43.8. The summed E-state index contributed by atoms with van der Waals surface area (Å²) in [5, 5.41) is 9.21. The summed E-state index contributed by atoms with van der Waals surface area (Å²) in [6, 6.07) is 5.59. The van der Waals surface area contributed by atoms with Crippen molar-refractivity contribution in [3.05, 3.63) is 41.0 Å². The van der Waals surface area contributed by atoms with Gasteiger partial charge in [-0.15, -0.1) is 0 Å². The lowest BCUT2D eigenvalue weighted by atomic mass is 9.87. The zero-order chi connectivity index (χ0) is 15.9. The molecule has 116 valence electrons. The minimum absolute atomic E-state index is 0.0737. The van der Waals surface area contributed by atoms with E-state index in [1.807, 2.05) is 19.2 Å². The first-order valence-electron chi connectivity index (χ1n) is 7.02.